The normalized spacial score (nSPS) is 20.4. The molecule has 4 heteroatoms. The highest BCUT2D eigenvalue weighted by atomic mass is 35.5. The topological polar surface area (TPSA) is 38.3 Å². The van der Waals surface area contributed by atoms with Crippen molar-refractivity contribution >= 4 is 23.2 Å². The molecular weight excluding hydrogens is 202 g/mol. The monoisotopic (exact) mass is 211 g/mol. The molecule has 0 fully saturated rings. The van der Waals surface area contributed by atoms with Crippen molar-refractivity contribution in [2.75, 3.05) is 11.9 Å². The highest BCUT2D eigenvalue weighted by Crippen LogP contribution is 2.30. The summed E-state index contributed by atoms with van der Waals surface area (Å²) in [5.41, 5.74) is 0.645. The van der Waals surface area contributed by atoms with E-state index in [-0.39, 0.29) is 11.8 Å². The summed E-state index contributed by atoms with van der Waals surface area (Å²) >= 11 is 5.81. The summed E-state index contributed by atoms with van der Waals surface area (Å²) in [5, 5.41) is 3.35. The standard InChI is InChI=1S/C10H10ClNO2/c1-6-5-14-9-3-2-7(11)4-8(9)12-10(6)13/h2-4,6H,5H2,1H3,(H,12,13). The highest BCUT2D eigenvalue weighted by molar-refractivity contribution is 6.31. The Hall–Kier alpha value is -1.22. The third-order valence-electron chi connectivity index (χ3n) is 2.14. The van der Waals surface area contributed by atoms with Gasteiger partial charge in [0, 0.05) is 5.02 Å². The first-order valence-electron chi connectivity index (χ1n) is 4.40. The molecule has 0 bridgehead atoms. The second-order valence-electron chi connectivity index (χ2n) is 3.34. The molecule has 0 spiro atoms. The molecule has 0 saturated heterocycles. The van der Waals surface area contributed by atoms with Gasteiger partial charge in [0.25, 0.3) is 0 Å². The predicted octanol–water partition coefficient (Wildman–Crippen LogP) is 2.31. The maximum absolute atomic E-state index is 11.5. The molecule has 1 aliphatic heterocycles. The highest BCUT2D eigenvalue weighted by Gasteiger charge is 2.20. The van der Waals surface area contributed by atoms with Gasteiger partial charge in [-0.25, -0.2) is 0 Å². The Morgan fingerprint density at radius 1 is 1.57 bits per heavy atom. The summed E-state index contributed by atoms with van der Waals surface area (Å²) in [6.45, 7) is 2.23. The second kappa shape index (κ2) is 3.50. The number of nitrogens with one attached hydrogen (secondary N) is 1. The van der Waals surface area contributed by atoms with Crippen LogP contribution in [-0.2, 0) is 4.79 Å². The molecular formula is C10H10ClNO2. The molecule has 14 heavy (non-hydrogen) atoms. The SMILES string of the molecule is CC1COc2ccc(Cl)cc2NC1=O. The van der Waals surface area contributed by atoms with Crippen molar-refractivity contribution in [2.24, 2.45) is 5.92 Å². The Bertz CT molecular complexity index is 378. The summed E-state index contributed by atoms with van der Waals surface area (Å²) in [5.74, 6) is 0.499. The molecule has 1 amide bonds. The minimum atomic E-state index is -0.138. The smallest absolute Gasteiger partial charge is 0.230 e. The van der Waals surface area contributed by atoms with Gasteiger partial charge in [0.05, 0.1) is 18.2 Å². The molecule has 3 nitrogen and oxygen atoms in total. The zero-order chi connectivity index (χ0) is 10.1. The number of benzene rings is 1. The fourth-order valence-corrected chi connectivity index (χ4v) is 1.44. The van der Waals surface area contributed by atoms with E-state index in [0.717, 1.165) is 0 Å². The van der Waals surface area contributed by atoms with Gasteiger partial charge in [-0.2, -0.15) is 0 Å². The molecule has 0 radical (unpaired) electrons. The lowest BCUT2D eigenvalue weighted by Crippen LogP contribution is -2.21. The summed E-state index contributed by atoms with van der Waals surface area (Å²) in [7, 11) is 0. The number of amides is 1. The molecule has 2 rings (SSSR count). The van der Waals surface area contributed by atoms with Gasteiger partial charge in [-0.1, -0.05) is 18.5 Å². The number of ether oxygens (including phenoxy) is 1. The fraction of sp³-hybridized carbons (Fsp3) is 0.300. The molecule has 1 unspecified atom stereocenters. The first kappa shape index (κ1) is 9.34. The van der Waals surface area contributed by atoms with Crippen molar-refractivity contribution in [1.29, 1.82) is 0 Å². The van der Waals surface area contributed by atoms with Crippen molar-refractivity contribution < 1.29 is 9.53 Å². The lowest BCUT2D eigenvalue weighted by atomic mass is 10.2. The fourth-order valence-electron chi connectivity index (χ4n) is 1.27. The van der Waals surface area contributed by atoms with Gasteiger partial charge in [0.2, 0.25) is 5.91 Å². The van der Waals surface area contributed by atoms with Gasteiger partial charge in [-0.05, 0) is 18.2 Å². The van der Waals surface area contributed by atoms with Gasteiger partial charge in [0.1, 0.15) is 5.75 Å². The van der Waals surface area contributed by atoms with Gasteiger partial charge in [-0.3, -0.25) is 4.79 Å². The molecule has 0 saturated carbocycles. The molecule has 0 aromatic heterocycles. The summed E-state index contributed by atoms with van der Waals surface area (Å²) in [4.78, 5) is 11.5. The van der Waals surface area contributed by atoms with Crippen molar-refractivity contribution in [2.45, 2.75) is 6.92 Å². The molecule has 0 aliphatic carbocycles. The van der Waals surface area contributed by atoms with Gasteiger partial charge in [-0.15, -0.1) is 0 Å². The number of anilines is 1. The first-order valence-corrected chi connectivity index (χ1v) is 4.78. The number of carbonyl (C=O) groups is 1. The molecule has 1 aromatic carbocycles. The number of carbonyl (C=O) groups excluding carboxylic acids is 1. The van der Waals surface area contributed by atoms with E-state index in [0.29, 0.717) is 23.1 Å². The summed E-state index contributed by atoms with van der Waals surface area (Å²) < 4.78 is 5.44. The van der Waals surface area contributed by atoms with E-state index in [9.17, 15) is 4.79 Å². The quantitative estimate of drug-likeness (QED) is 0.715. The van der Waals surface area contributed by atoms with Crippen molar-refractivity contribution in [3.8, 4) is 5.75 Å². The predicted molar refractivity (Wildman–Crippen MR) is 54.7 cm³/mol. The molecule has 1 aromatic rings. The van der Waals surface area contributed by atoms with Crippen LogP contribution in [0.15, 0.2) is 18.2 Å². The number of hydrogen-bond donors (Lipinski definition) is 1. The molecule has 74 valence electrons. The van der Waals surface area contributed by atoms with E-state index in [2.05, 4.69) is 5.32 Å². The average Bonchev–Trinajstić information content (AvgIpc) is 2.27. The minimum Gasteiger partial charge on any atom is -0.491 e. The summed E-state index contributed by atoms with van der Waals surface area (Å²) in [6, 6.07) is 5.19. The van der Waals surface area contributed by atoms with Crippen LogP contribution >= 0.6 is 11.6 Å². The zero-order valence-corrected chi connectivity index (χ0v) is 8.47. The molecule has 1 N–H and O–H groups in total. The lowest BCUT2D eigenvalue weighted by Gasteiger charge is -2.06. The summed E-state index contributed by atoms with van der Waals surface area (Å²) in [6.07, 6.45) is 0. The Morgan fingerprint density at radius 2 is 2.36 bits per heavy atom. The van der Waals surface area contributed by atoms with Crippen molar-refractivity contribution in [3.63, 3.8) is 0 Å². The van der Waals surface area contributed by atoms with Crippen LogP contribution in [0, 0.1) is 5.92 Å². The molecule has 1 heterocycles. The minimum absolute atomic E-state index is 0.0361. The number of fused-ring (bicyclic) bond motifs is 1. The van der Waals surface area contributed by atoms with Crippen LogP contribution in [-0.4, -0.2) is 12.5 Å². The van der Waals surface area contributed by atoms with Crippen LogP contribution in [0.2, 0.25) is 5.02 Å². The van der Waals surface area contributed by atoms with Gasteiger partial charge in [0.15, 0.2) is 0 Å². The average molecular weight is 212 g/mol. The second-order valence-corrected chi connectivity index (χ2v) is 3.78. The van der Waals surface area contributed by atoms with E-state index < -0.39 is 0 Å². The Labute approximate surface area is 87.0 Å². The first-order chi connectivity index (χ1) is 6.66. The third-order valence-corrected chi connectivity index (χ3v) is 2.37. The van der Waals surface area contributed by atoms with Crippen LogP contribution in [0.25, 0.3) is 0 Å². The zero-order valence-electron chi connectivity index (χ0n) is 7.71. The van der Waals surface area contributed by atoms with Crippen LogP contribution in [0.4, 0.5) is 5.69 Å². The van der Waals surface area contributed by atoms with E-state index in [1.165, 1.54) is 0 Å². The molecule has 1 aliphatic rings. The van der Waals surface area contributed by atoms with E-state index in [4.69, 9.17) is 16.3 Å². The van der Waals surface area contributed by atoms with Crippen LogP contribution in [0.3, 0.4) is 0 Å². The van der Waals surface area contributed by atoms with E-state index in [1.54, 1.807) is 18.2 Å². The van der Waals surface area contributed by atoms with Crippen molar-refractivity contribution in [1.82, 2.24) is 0 Å². The molecule has 1 atom stereocenters. The lowest BCUT2D eigenvalue weighted by molar-refractivity contribution is -0.119. The number of hydrogen-bond acceptors (Lipinski definition) is 2. The largest absolute Gasteiger partial charge is 0.491 e. The van der Waals surface area contributed by atoms with Gasteiger partial charge >= 0.3 is 0 Å². The van der Waals surface area contributed by atoms with E-state index in [1.807, 2.05) is 6.92 Å². The Kier molecular flexibility index (Phi) is 2.33. The van der Waals surface area contributed by atoms with Gasteiger partial charge < -0.3 is 10.1 Å². The number of halogens is 1. The van der Waals surface area contributed by atoms with Crippen LogP contribution < -0.4 is 10.1 Å². The Balaban J connectivity index is 2.38. The number of rotatable bonds is 0. The van der Waals surface area contributed by atoms with Crippen molar-refractivity contribution in [3.05, 3.63) is 23.2 Å². The van der Waals surface area contributed by atoms with Crippen LogP contribution in [0.1, 0.15) is 6.92 Å². The maximum Gasteiger partial charge on any atom is 0.230 e. The third kappa shape index (κ3) is 1.68. The maximum atomic E-state index is 11.5. The van der Waals surface area contributed by atoms with Crippen LogP contribution in [0.5, 0.6) is 5.75 Å². The van der Waals surface area contributed by atoms with E-state index >= 15 is 0 Å². The Morgan fingerprint density at radius 3 is 3.14 bits per heavy atom.